The van der Waals surface area contributed by atoms with Gasteiger partial charge in [-0.15, -0.1) is 0 Å². The molecule has 0 radical (unpaired) electrons. The lowest BCUT2D eigenvalue weighted by atomic mass is 9.79. The molecule has 2 aromatic rings. The molecule has 1 aromatic carbocycles. The molecule has 8 heteroatoms. The number of nitrogens with one attached hydrogen (secondary N) is 2. The third-order valence-electron chi connectivity index (χ3n) is 6.19. The van der Waals surface area contributed by atoms with Gasteiger partial charge in [0, 0.05) is 38.8 Å². The Morgan fingerprint density at radius 3 is 2.35 bits per heavy atom. The highest BCUT2D eigenvalue weighted by atomic mass is 16.2. The number of carbonyl (C=O) groups is 1. The summed E-state index contributed by atoms with van der Waals surface area (Å²) < 4.78 is 0. The maximum Gasteiger partial charge on any atom is 0.258 e. The molecule has 0 aliphatic carbocycles. The van der Waals surface area contributed by atoms with Gasteiger partial charge in [0.05, 0.1) is 11.6 Å². The topological polar surface area (TPSA) is 105 Å². The average Bonchev–Trinajstić information content (AvgIpc) is 2.72. The fraction of sp³-hybridized carbons (Fsp3) is 0.478. The van der Waals surface area contributed by atoms with E-state index in [0.29, 0.717) is 23.3 Å². The van der Waals surface area contributed by atoms with Crippen molar-refractivity contribution in [2.45, 2.75) is 26.2 Å². The van der Waals surface area contributed by atoms with E-state index in [9.17, 15) is 14.9 Å². The van der Waals surface area contributed by atoms with Crippen molar-refractivity contribution in [3.05, 3.63) is 45.7 Å². The van der Waals surface area contributed by atoms with Crippen LogP contribution in [0.3, 0.4) is 0 Å². The molecule has 2 N–H and O–H groups in total. The van der Waals surface area contributed by atoms with Gasteiger partial charge in [0.25, 0.3) is 5.56 Å². The molecule has 1 saturated heterocycles. The lowest BCUT2D eigenvalue weighted by Crippen LogP contribution is -2.42. The normalized spacial score (nSPS) is 25.4. The number of amides is 1. The van der Waals surface area contributed by atoms with E-state index in [4.69, 9.17) is 0 Å². The number of fused-ring (bicyclic) bond motifs is 1. The van der Waals surface area contributed by atoms with E-state index in [1.54, 1.807) is 0 Å². The number of hydrogen-bond donors (Lipinski definition) is 2. The van der Waals surface area contributed by atoms with Gasteiger partial charge in [0.15, 0.2) is 0 Å². The first-order valence-electron chi connectivity index (χ1n) is 10.7. The number of aromatic amines is 1. The molecule has 4 rings (SSSR count). The second-order valence-electron chi connectivity index (χ2n) is 9.06. The molecule has 162 valence electrons. The Morgan fingerprint density at radius 1 is 1.13 bits per heavy atom. The Bertz CT molecular complexity index is 1070. The molecule has 2 aliphatic rings. The molecule has 31 heavy (non-hydrogen) atoms. The molecular weight excluding hydrogens is 392 g/mol. The lowest BCUT2D eigenvalue weighted by Gasteiger charge is -2.36. The minimum atomic E-state index is -0.999. The van der Waals surface area contributed by atoms with Gasteiger partial charge in [-0.1, -0.05) is 26.0 Å². The number of rotatable bonds is 3. The van der Waals surface area contributed by atoms with Gasteiger partial charge in [-0.05, 0) is 36.0 Å². The van der Waals surface area contributed by atoms with Crippen LogP contribution in [0, 0.1) is 29.1 Å². The SMILES string of the molecule is CC1CC(C)CN(c2nc3c(c(=O)[nH]2)C(c2ccc(N(C)C)cc2)C(C#N)C(=O)N3)C1. The van der Waals surface area contributed by atoms with Gasteiger partial charge in [-0.25, -0.2) is 0 Å². The number of carbonyl (C=O) groups excluding carboxylic acids is 1. The van der Waals surface area contributed by atoms with Crippen LogP contribution < -0.4 is 20.7 Å². The van der Waals surface area contributed by atoms with Gasteiger partial charge in [-0.3, -0.25) is 14.6 Å². The minimum Gasteiger partial charge on any atom is -0.378 e. The monoisotopic (exact) mass is 420 g/mol. The van der Waals surface area contributed by atoms with Crippen LogP contribution in [-0.4, -0.2) is 43.1 Å². The zero-order valence-corrected chi connectivity index (χ0v) is 18.3. The number of nitrogens with zero attached hydrogens (tertiary/aromatic N) is 4. The van der Waals surface area contributed by atoms with E-state index < -0.39 is 17.7 Å². The van der Waals surface area contributed by atoms with Crippen molar-refractivity contribution in [1.29, 1.82) is 5.26 Å². The standard InChI is InChI=1S/C23H28N6O2/c1-13-9-14(2)12-29(11-13)23-26-20-19(22(31)27-23)18(17(10-24)21(30)25-20)15-5-7-16(8-6-15)28(3)4/h5-8,13-14,17-18H,9,11-12H2,1-4H3,(H2,25,26,27,30,31). The smallest absolute Gasteiger partial charge is 0.258 e. The first kappa shape index (κ1) is 20.9. The predicted octanol–water partition coefficient (Wildman–Crippen LogP) is 2.54. The maximum atomic E-state index is 13.2. The van der Waals surface area contributed by atoms with E-state index in [1.807, 2.05) is 43.3 Å². The summed E-state index contributed by atoms with van der Waals surface area (Å²) >= 11 is 0. The number of aromatic nitrogens is 2. The highest BCUT2D eigenvalue weighted by Crippen LogP contribution is 2.39. The molecule has 0 spiro atoms. The first-order chi connectivity index (χ1) is 14.8. The third kappa shape index (κ3) is 3.88. The fourth-order valence-corrected chi connectivity index (χ4v) is 4.82. The van der Waals surface area contributed by atoms with Crippen molar-refractivity contribution in [3.63, 3.8) is 0 Å². The largest absolute Gasteiger partial charge is 0.378 e. The van der Waals surface area contributed by atoms with Gasteiger partial charge in [0.1, 0.15) is 11.7 Å². The Morgan fingerprint density at radius 2 is 1.77 bits per heavy atom. The summed E-state index contributed by atoms with van der Waals surface area (Å²) in [4.78, 5) is 37.6. The quantitative estimate of drug-likeness (QED) is 0.791. The predicted molar refractivity (Wildman–Crippen MR) is 120 cm³/mol. The zero-order chi connectivity index (χ0) is 22.3. The molecule has 8 nitrogen and oxygen atoms in total. The summed E-state index contributed by atoms with van der Waals surface area (Å²) in [5, 5.41) is 12.4. The van der Waals surface area contributed by atoms with Gasteiger partial charge in [-0.2, -0.15) is 10.2 Å². The molecule has 4 atom stereocenters. The van der Waals surface area contributed by atoms with E-state index in [1.165, 1.54) is 0 Å². The van der Waals surface area contributed by atoms with Crippen LogP contribution in [0.1, 0.15) is 37.3 Å². The summed E-state index contributed by atoms with van der Waals surface area (Å²) in [6.45, 7) is 5.98. The molecule has 0 bridgehead atoms. The summed E-state index contributed by atoms with van der Waals surface area (Å²) in [6, 6.07) is 9.66. The van der Waals surface area contributed by atoms with E-state index in [-0.39, 0.29) is 11.4 Å². The molecule has 1 aromatic heterocycles. The summed E-state index contributed by atoms with van der Waals surface area (Å²) in [5.74, 6) is -0.393. The van der Waals surface area contributed by atoms with Crippen LogP contribution in [0.4, 0.5) is 17.5 Å². The first-order valence-corrected chi connectivity index (χ1v) is 10.7. The van der Waals surface area contributed by atoms with Crippen LogP contribution in [0.2, 0.25) is 0 Å². The van der Waals surface area contributed by atoms with Gasteiger partial charge in [0.2, 0.25) is 11.9 Å². The molecule has 4 unspecified atom stereocenters. The molecule has 2 aliphatic heterocycles. The van der Waals surface area contributed by atoms with Crippen LogP contribution >= 0.6 is 0 Å². The second kappa shape index (κ2) is 8.06. The summed E-state index contributed by atoms with van der Waals surface area (Å²) in [6.07, 6.45) is 1.14. The van der Waals surface area contributed by atoms with Crippen LogP contribution in [0.15, 0.2) is 29.1 Å². The Labute approximate surface area is 181 Å². The Hall–Kier alpha value is -3.34. The summed E-state index contributed by atoms with van der Waals surface area (Å²) in [5.41, 5.74) is 1.76. The van der Waals surface area contributed by atoms with Crippen molar-refractivity contribution >= 4 is 23.4 Å². The number of H-pyrrole nitrogens is 1. The second-order valence-corrected chi connectivity index (χ2v) is 9.06. The van der Waals surface area contributed by atoms with E-state index in [0.717, 1.165) is 30.8 Å². The zero-order valence-electron chi connectivity index (χ0n) is 18.3. The van der Waals surface area contributed by atoms with Crippen molar-refractivity contribution in [2.24, 2.45) is 17.8 Å². The number of nitriles is 1. The number of benzene rings is 1. The molecule has 1 fully saturated rings. The molecular formula is C23H28N6O2. The maximum absolute atomic E-state index is 13.2. The van der Waals surface area contributed by atoms with Crippen LogP contribution in [0.25, 0.3) is 0 Å². The van der Waals surface area contributed by atoms with E-state index in [2.05, 4.69) is 40.1 Å². The Balaban J connectivity index is 1.79. The molecule has 3 heterocycles. The van der Waals surface area contributed by atoms with Crippen LogP contribution in [-0.2, 0) is 4.79 Å². The number of anilines is 3. The molecule has 0 saturated carbocycles. The minimum absolute atomic E-state index is 0.253. The van der Waals surface area contributed by atoms with Gasteiger partial charge < -0.3 is 15.1 Å². The van der Waals surface area contributed by atoms with Gasteiger partial charge >= 0.3 is 0 Å². The van der Waals surface area contributed by atoms with Crippen molar-refractivity contribution in [3.8, 4) is 6.07 Å². The summed E-state index contributed by atoms with van der Waals surface area (Å²) in [7, 11) is 3.88. The van der Waals surface area contributed by atoms with Crippen molar-refractivity contribution in [1.82, 2.24) is 9.97 Å². The fourth-order valence-electron chi connectivity index (χ4n) is 4.82. The van der Waals surface area contributed by atoms with Crippen molar-refractivity contribution in [2.75, 3.05) is 42.3 Å². The third-order valence-corrected chi connectivity index (χ3v) is 6.19. The highest BCUT2D eigenvalue weighted by molar-refractivity contribution is 5.98. The van der Waals surface area contributed by atoms with E-state index >= 15 is 0 Å². The number of piperidine rings is 1. The van der Waals surface area contributed by atoms with Crippen LogP contribution in [0.5, 0.6) is 0 Å². The molecule has 1 amide bonds. The Kier molecular flexibility index (Phi) is 5.44. The highest BCUT2D eigenvalue weighted by Gasteiger charge is 2.40. The number of hydrogen-bond acceptors (Lipinski definition) is 6. The average molecular weight is 421 g/mol. The van der Waals surface area contributed by atoms with Crippen molar-refractivity contribution < 1.29 is 4.79 Å². The lowest BCUT2D eigenvalue weighted by molar-refractivity contribution is -0.119.